The second-order valence-corrected chi connectivity index (χ2v) is 11.7. The summed E-state index contributed by atoms with van der Waals surface area (Å²) in [7, 11) is 0. The van der Waals surface area contributed by atoms with Gasteiger partial charge in [-0.05, 0) is 99.7 Å². The van der Waals surface area contributed by atoms with Crippen molar-refractivity contribution in [2.75, 3.05) is 10.2 Å². The third-order valence-corrected chi connectivity index (χ3v) is 8.59. The van der Waals surface area contributed by atoms with E-state index in [1.54, 1.807) is 12.1 Å². The molecule has 0 aliphatic carbocycles. The number of carbonyl (C=O) groups excluding carboxylic acids is 1. The summed E-state index contributed by atoms with van der Waals surface area (Å²) in [5.74, 6) is -0.178. The van der Waals surface area contributed by atoms with Crippen molar-refractivity contribution in [1.29, 1.82) is 0 Å². The summed E-state index contributed by atoms with van der Waals surface area (Å²) in [6.07, 6.45) is 2.16. The molecule has 3 nitrogen and oxygen atoms in total. The zero-order valence-corrected chi connectivity index (χ0v) is 22.2. The predicted molar refractivity (Wildman–Crippen MR) is 147 cm³/mol. The van der Waals surface area contributed by atoms with Gasteiger partial charge in [0.05, 0.1) is 11.2 Å². The summed E-state index contributed by atoms with van der Waals surface area (Å²) in [4.78, 5) is 15.6. The molecular weight excluding hydrogens is 447 g/mol. The van der Waals surface area contributed by atoms with Crippen molar-refractivity contribution >= 4 is 22.9 Å². The number of amides is 1. The standard InChI is InChI=1S/C32H35FN2O/c1-20-19-30(3,4)35(29(36)22-12-15-24(33)16-13-22)28-17-14-23(18-25(20)28)32(7)21(2)31(5,6)34-27-11-9-8-10-26(27)32/h8-19,21,34H,1-7H3. The molecule has 2 aliphatic heterocycles. The van der Waals surface area contributed by atoms with Crippen molar-refractivity contribution in [1.82, 2.24) is 0 Å². The number of rotatable bonds is 2. The summed E-state index contributed by atoms with van der Waals surface area (Å²) in [5.41, 5.74) is 6.41. The second-order valence-electron chi connectivity index (χ2n) is 11.7. The number of benzene rings is 3. The summed E-state index contributed by atoms with van der Waals surface area (Å²) < 4.78 is 13.5. The van der Waals surface area contributed by atoms with Gasteiger partial charge < -0.3 is 5.32 Å². The Bertz CT molecular complexity index is 1390. The van der Waals surface area contributed by atoms with E-state index in [0.29, 0.717) is 11.5 Å². The number of para-hydroxylation sites is 1. The Morgan fingerprint density at radius 3 is 2.31 bits per heavy atom. The molecule has 36 heavy (non-hydrogen) atoms. The lowest BCUT2D eigenvalue weighted by Crippen LogP contribution is -2.53. The Hall–Kier alpha value is -3.40. The fourth-order valence-electron chi connectivity index (χ4n) is 6.31. The first-order valence-corrected chi connectivity index (χ1v) is 12.7. The second kappa shape index (κ2) is 8.06. The van der Waals surface area contributed by atoms with Gasteiger partial charge in [-0.1, -0.05) is 44.2 Å². The molecule has 0 aromatic heterocycles. The molecule has 0 saturated carbocycles. The molecule has 2 aliphatic rings. The van der Waals surface area contributed by atoms with Crippen molar-refractivity contribution in [3.05, 3.63) is 101 Å². The zero-order valence-electron chi connectivity index (χ0n) is 22.2. The molecule has 2 heterocycles. The number of nitrogens with one attached hydrogen (secondary N) is 1. The van der Waals surface area contributed by atoms with Gasteiger partial charge in [-0.15, -0.1) is 0 Å². The van der Waals surface area contributed by atoms with Gasteiger partial charge in [-0.2, -0.15) is 0 Å². The summed E-state index contributed by atoms with van der Waals surface area (Å²) in [6.45, 7) is 15.4. The number of halogens is 1. The van der Waals surface area contributed by atoms with Crippen LogP contribution < -0.4 is 10.2 Å². The first kappa shape index (κ1) is 24.3. The van der Waals surface area contributed by atoms with Crippen LogP contribution in [-0.4, -0.2) is 17.0 Å². The molecule has 4 heteroatoms. The molecule has 186 valence electrons. The number of anilines is 2. The minimum Gasteiger partial charge on any atom is -0.380 e. The Morgan fingerprint density at radius 2 is 1.61 bits per heavy atom. The third kappa shape index (κ3) is 3.57. The van der Waals surface area contributed by atoms with Crippen molar-refractivity contribution < 1.29 is 9.18 Å². The molecule has 0 radical (unpaired) electrons. The lowest BCUT2D eigenvalue weighted by atomic mass is 9.59. The minimum absolute atomic E-state index is 0.101. The lowest BCUT2D eigenvalue weighted by Gasteiger charge is -2.52. The summed E-state index contributed by atoms with van der Waals surface area (Å²) in [6, 6.07) is 20.9. The van der Waals surface area contributed by atoms with Crippen molar-refractivity contribution in [2.24, 2.45) is 5.92 Å². The number of fused-ring (bicyclic) bond motifs is 2. The zero-order chi connectivity index (χ0) is 26.0. The molecule has 3 aromatic carbocycles. The van der Waals surface area contributed by atoms with E-state index in [-0.39, 0.29) is 22.7 Å². The highest BCUT2D eigenvalue weighted by atomic mass is 19.1. The smallest absolute Gasteiger partial charge is 0.259 e. The molecular formula is C32H35FN2O. The molecule has 0 saturated heterocycles. The maximum absolute atomic E-state index is 13.7. The van der Waals surface area contributed by atoms with Crippen LogP contribution in [0.25, 0.3) is 5.57 Å². The van der Waals surface area contributed by atoms with Crippen LogP contribution in [0.5, 0.6) is 0 Å². The van der Waals surface area contributed by atoms with Crippen LogP contribution in [0.1, 0.15) is 75.5 Å². The molecule has 1 N–H and O–H groups in total. The van der Waals surface area contributed by atoms with Gasteiger partial charge in [0.2, 0.25) is 0 Å². The van der Waals surface area contributed by atoms with Crippen LogP contribution in [0.4, 0.5) is 15.8 Å². The van der Waals surface area contributed by atoms with E-state index < -0.39 is 5.54 Å². The first-order valence-electron chi connectivity index (χ1n) is 12.7. The average Bonchev–Trinajstić information content (AvgIpc) is 2.82. The van der Waals surface area contributed by atoms with Gasteiger partial charge in [-0.25, -0.2) is 4.39 Å². The highest BCUT2D eigenvalue weighted by molar-refractivity contribution is 6.09. The van der Waals surface area contributed by atoms with Crippen molar-refractivity contribution in [3.8, 4) is 0 Å². The Morgan fingerprint density at radius 1 is 0.944 bits per heavy atom. The SMILES string of the molecule is CC1=CC(C)(C)N(C(=O)c2ccc(F)cc2)c2ccc(C3(C)c4ccccc4NC(C)(C)C3C)cc21. The van der Waals surface area contributed by atoms with Crippen molar-refractivity contribution in [3.63, 3.8) is 0 Å². The fraction of sp³-hybridized carbons (Fsp3) is 0.344. The number of nitrogens with zero attached hydrogens (tertiary/aromatic N) is 1. The van der Waals surface area contributed by atoms with Gasteiger partial charge in [0, 0.05) is 27.8 Å². The molecule has 0 spiro atoms. The number of hydrogen-bond donors (Lipinski definition) is 1. The summed E-state index contributed by atoms with van der Waals surface area (Å²) >= 11 is 0. The summed E-state index contributed by atoms with van der Waals surface area (Å²) in [5, 5.41) is 3.75. The molecule has 3 aromatic rings. The van der Waals surface area contributed by atoms with E-state index in [9.17, 15) is 9.18 Å². The molecule has 0 fully saturated rings. The van der Waals surface area contributed by atoms with Crippen molar-refractivity contribution in [2.45, 2.75) is 65.0 Å². The Balaban J connectivity index is 1.67. The van der Waals surface area contributed by atoms with Crippen LogP contribution in [0.2, 0.25) is 0 Å². The molecule has 2 atom stereocenters. The highest BCUT2D eigenvalue weighted by Crippen LogP contribution is 2.52. The van der Waals surface area contributed by atoms with Crippen LogP contribution in [0, 0.1) is 11.7 Å². The molecule has 5 rings (SSSR count). The van der Waals surface area contributed by atoms with Gasteiger partial charge >= 0.3 is 0 Å². The molecule has 0 bridgehead atoms. The lowest BCUT2D eigenvalue weighted by molar-refractivity contribution is 0.0970. The van der Waals surface area contributed by atoms with Crippen LogP contribution in [0.3, 0.4) is 0 Å². The number of carbonyl (C=O) groups is 1. The van der Waals surface area contributed by atoms with Crippen LogP contribution in [-0.2, 0) is 5.41 Å². The maximum atomic E-state index is 13.7. The van der Waals surface area contributed by atoms with Gasteiger partial charge in [0.25, 0.3) is 5.91 Å². The molecule has 1 amide bonds. The monoisotopic (exact) mass is 482 g/mol. The topological polar surface area (TPSA) is 32.3 Å². The quantitative estimate of drug-likeness (QED) is 0.404. The predicted octanol–water partition coefficient (Wildman–Crippen LogP) is 7.81. The Labute approximate surface area is 214 Å². The Kier molecular flexibility index (Phi) is 5.44. The van der Waals surface area contributed by atoms with Gasteiger partial charge in [-0.3, -0.25) is 9.69 Å². The van der Waals surface area contributed by atoms with E-state index in [2.05, 4.69) is 88.5 Å². The number of allylic oxidation sites excluding steroid dienone is 1. The van der Waals surface area contributed by atoms with E-state index in [4.69, 9.17) is 0 Å². The van der Waals surface area contributed by atoms with Crippen LogP contribution in [0.15, 0.2) is 72.8 Å². The van der Waals surface area contributed by atoms with E-state index >= 15 is 0 Å². The highest BCUT2D eigenvalue weighted by Gasteiger charge is 2.48. The van der Waals surface area contributed by atoms with E-state index in [0.717, 1.165) is 16.8 Å². The normalized spacial score (nSPS) is 23.7. The number of hydrogen-bond acceptors (Lipinski definition) is 2. The maximum Gasteiger partial charge on any atom is 0.259 e. The van der Waals surface area contributed by atoms with E-state index in [1.807, 2.05) is 18.7 Å². The van der Waals surface area contributed by atoms with E-state index in [1.165, 1.54) is 28.9 Å². The van der Waals surface area contributed by atoms with Gasteiger partial charge in [0.15, 0.2) is 0 Å². The first-order chi connectivity index (χ1) is 16.9. The average molecular weight is 483 g/mol. The largest absolute Gasteiger partial charge is 0.380 e. The van der Waals surface area contributed by atoms with Crippen LogP contribution >= 0.6 is 0 Å². The van der Waals surface area contributed by atoms with Gasteiger partial charge in [0.1, 0.15) is 5.82 Å². The molecule has 2 unspecified atom stereocenters. The fourth-order valence-corrected chi connectivity index (χ4v) is 6.31. The minimum atomic E-state index is -0.523. The third-order valence-electron chi connectivity index (χ3n) is 8.59.